The monoisotopic (exact) mass is 200 g/mol. The highest BCUT2D eigenvalue weighted by atomic mass is 15.3. The molecule has 0 saturated heterocycles. The lowest BCUT2D eigenvalue weighted by Crippen LogP contribution is -1.95. The van der Waals surface area contributed by atoms with Crippen LogP contribution >= 0.6 is 0 Å². The Kier molecular flexibility index (Phi) is 2.49. The van der Waals surface area contributed by atoms with Crippen LogP contribution in [0.15, 0.2) is 43.2 Å². The number of hydrogen-bond acceptors (Lipinski definition) is 3. The number of nitrogens with zero attached hydrogens (tertiary/aromatic N) is 3. The highest BCUT2D eigenvalue weighted by molar-refractivity contribution is 5.57. The molecule has 2 rings (SSSR count). The molecule has 0 saturated carbocycles. The summed E-state index contributed by atoms with van der Waals surface area (Å²) in [7, 11) is 0. The molecule has 0 aliphatic rings. The highest BCUT2D eigenvalue weighted by Crippen LogP contribution is 2.15. The normalized spacial score (nSPS) is 10.1. The third-order valence-electron chi connectivity index (χ3n) is 2.02. The van der Waals surface area contributed by atoms with Gasteiger partial charge in [-0.15, -0.1) is 6.58 Å². The fourth-order valence-corrected chi connectivity index (χ4v) is 1.28. The largest absolute Gasteiger partial charge is 0.399 e. The fourth-order valence-electron chi connectivity index (χ4n) is 1.28. The van der Waals surface area contributed by atoms with Gasteiger partial charge in [0.25, 0.3) is 0 Å². The smallest absolute Gasteiger partial charge is 0.181 e. The van der Waals surface area contributed by atoms with E-state index in [0.717, 1.165) is 11.3 Å². The highest BCUT2D eigenvalue weighted by Gasteiger charge is 2.02. The first-order valence-corrected chi connectivity index (χ1v) is 4.66. The molecule has 0 fully saturated rings. The van der Waals surface area contributed by atoms with Crippen molar-refractivity contribution in [2.75, 3.05) is 5.73 Å². The Morgan fingerprint density at radius 2 is 2.07 bits per heavy atom. The minimum atomic E-state index is 0.669. The van der Waals surface area contributed by atoms with Crippen LogP contribution in [0.2, 0.25) is 0 Å². The minimum absolute atomic E-state index is 0.669. The molecule has 0 amide bonds. The lowest BCUT2D eigenvalue weighted by atomic mass is 10.2. The molecule has 0 radical (unpaired) electrons. The number of benzene rings is 1. The van der Waals surface area contributed by atoms with Crippen LogP contribution in [0.5, 0.6) is 0 Å². The molecule has 1 heterocycles. The van der Waals surface area contributed by atoms with Gasteiger partial charge in [-0.05, 0) is 24.3 Å². The van der Waals surface area contributed by atoms with Crippen molar-refractivity contribution in [1.29, 1.82) is 0 Å². The molecule has 15 heavy (non-hydrogen) atoms. The first kappa shape index (κ1) is 9.45. The average Bonchev–Trinajstić information content (AvgIpc) is 2.68. The van der Waals surface area contributed by atoms with Gasteiger partial charge >= 0.3 is 0 Å². The summed E-state index contributed by atoms with van der Waals surface area (Å²) >= 11 is 0. The maximum absolute atomic E-state index is 5.60. The second-order valence-electron chi connectivity index (χ2n) is 3.20. The van der Waals surface area contributed by atoms with Gasteiger partial charge in [0.15, 0.2) is 5.82 Å². The lowest BCUT2D eigenvalue weighted by molar-refractivity contribution is 0.703. The second-order valence-corrected chi connectivity index (χ2v) is 3.20. The van der Waals surface area contributed by atoms with E-state index in [2.05, 4.69) is 16.7 Å². The molecule has 2 N–H and O–H groups in total. The third-order valence-corrected chi connectivity index (χ3v) is 2.02. The van der Waals surface area contributed by atoms with Crippen molar-refractivity contribution in [2.24, 2.45) is 0 Å². The molecular formula is C11H12N4. The second kappa shape index (κ2) is 3.96. The van der Waals surface area contributed by atoms with E-state index in [1.165, 1.54) is 0 Å². The van der Waals surface area contributed by atoms with Crippen molar-refractivity contribution in [3.63, 3.8) is 0 Å². The first-order chi connectivity index (χ1) is 7.29. The lowest BCUT2D eigenvalue weighted by Gasteiger charge is -1.96. The van der Waals surface area contributed by atoms with E-state index in [4.69, 9.17) is 5.73 Å². The van der Waals surface area contributed by atoms with Crippen LogP contribution in [0.3, 0.4) is 0 Å². The minimum Gasteiger partial charge on any atom is -0.399 e. The molecule has 1 aromatic carbocycles. The zero-order chi connectivity index (χ0) is 10.7. The quantitative estimate of drug-likeness (QED) is 0.606. The van der Waals surface area contributed by atoms with Crippen LogP contribution in [-0.4, -0.2) is 14.8 Å². The summed E-state index contributed by atoms with van der Waals surface area (Å²) in [6.45, 7) is 4.31. The topological polar surface area (TPSA) is 56.7 Å². The van der Waals surface area contributed by atoms with Gasteiger partial charge < -0.3 is 5.73 Å². The van der Waals surface area contributed by atoms with Gasteiger partial charge in [0.2, 0.25) is 0 Å². The van der Waals surface area contributed by atoms with Crippen molar-refractivity contribution >= 4 is 5.69 Å². The van der Waals surface area contributed by atoms with Crippen LogP contribution in [-0.2, 0) is 6.54 Å². The molecule has 0 unspecified atom stereocenters. The first-order valence-electron chi connectivity index (χ1n) is 4.66. The number of rotatable bonds is 3. The van der Waals surface area contributed by atoms with E-state index in [9.17, 15) is 0 Å². The van der Waals surface area contributed by atoms with Crippen LogP contribution in [0.1, 0.15) is 0 Å². The van der Waals surface area contributed by atoms with Crippen LogP contribution in [0.4, 0.5) is 5.69 Å². The molecule has 4 nitrogen and oxygen atoms in total. The third kappa shape index (κ3) is 2.04. The molecule has 76 valence electrons. The molecule has 0 aliphatic carbocycles. The zero-order valence-corrected chi connectivity index (χ0v) is 8.30. The number of hydrogen-bond donors (Lipinski definition) is 1. The van der Waals surface area contributed by atoms with Gasteiger partial charge in [0.1, 0.15) is 6.33 Å². The summed E-state index contributed by atoms with van der Waals surface area (Å²) in [4.78, 5) is 4.20. The maximum atomic E-state index is 5.60. The van der Waals surface area contributed by atoms with Gasteiger partial charge in [-0.2, -0.15) is 5.10 Å². The van der Waals surface area contributed by atoms with Gasteiger partial charge in [0.05, 0.1) is 6.54 Å². The Morgan fingerprint density at radius 1 is 1.33 bits per heavy atom. The Morgan fingerprint density at radius 3 is 2.73 bits per heavy atom. The van der Waals surface area contributed by atoms with Crippen molar-refractivity contribution in [2.45, 2.75) is 6.54 Å². The fraction of sp³-hybridized carbons (Fsp3) is 0.0909. The Bertz CT molecular complexity index is 456. The molecule has 0 aliphatic heterocycles. The number of nitrogens with two attached hydrogens (primary N) is 1. The SMILES string of the molecule is C=CCn1cnc(-c2ccc(N)cc2)n1. The number of aromatic nitrogens is 3. The molecule has 2 aromatic rings. The average molecular weight is 200 g/mol. The predicted octanol–water partition coefficient (Wildman–Crippen LogP) is 1.71. The van der Waals surface area contributed by atoms with Crippen molar-refractivity contribution in [3.05, 3.63) is 43.2 Å². The number of nitrogen functional groups attached to an aromatic ring is 1. The Balaban J connectivity index is 2.28. The van der Waals surface area contributed by atoms with Gasteiger partial charge in [-0.1, -0.05) is 6.08 Å². The van der Waals surface area contributed by atoms with Gasteiger partial charge in [0, 0.05) is 11.3 Å². The van der Waals surface area contributed by atoms with Crippen LogP contribution in [0, 0.1) is 0 Å². The van der Waals surface area contributed by atoms with Crippen LogP contribution < -0.4 is 5.73 Å². The van der Waals surface area contributed by atoms with E-state index < -0.39 is 0 Å². The number of allylic oxidation sites excluding steroid dienone is 1. The molecule has 0 atom stereocenters. The molecule has 1 aromatic heterocycles. The molecule has 4 heteroatoms. The zero-order valence-electron chi connectivity index (χ0n) is 8.30. The van der Waals surface area contributed by atoms with E-state index in [1.54, 1.807) is 17.1 Å². The summed E-state index contributed by atoms with van der Waals surface area (Å²) in [6.07, 6.45) is 3.47. The summed E-state index contributed by atoms with van der Waals surface area (Å²) in [6, 6.07) is 7.49. The molecule has 0 spiro atoms. The van der Waals surface area contributed by atoms with E-state index in [0.29, 0.717) is 12.4 Å². The summed E-state index contributed by atoms with van der Waals surface area (Å²) in [5, 5.41) is 4.29. The Labute approximate surface area is 88.1 Å². The van der Waals surface area contributed by atoms with Crippen molar-refractivity contribution in [3.8, 4) is 11.4 Å². The van der Waals surface area contributed by atoms with E-state index in [-0.39, 0.29) is 0 Å². The summed E-state index contributed by atoms with van der Waals surface area (Å²) in [5.74, 6) is 0.705. The number of anilines is 1. The summed E-state index contributed by atoms with van der Waals surface area (Å²) < 4.78 is 1.73. The molecule has 0 bridgehead atoms. The van der Waals surface area contributed by atoms with Gasteiger partial charge in [-0.3, -0.25) is 0 Å². The van der Waals surface area contributed by atoms with Crippen molar-refractivity contribution < 1.29 is 0 Å². The van der Waals surface area contributed by atoms with E-state index in [1.807, 2.05) is 24.3 Å². The van der Waals surface area contributed by atoms with E-state index >= 15 is 0 Å². The molecular weight excluding hydrogens is 188 g/mol. The van der Waals surface area contributed by atoms with Gasteiger partial charge in [-0.25, -0.2) is 9.67 Å². The van der Waals surface area contributed by atoms with Crippen molar-refractivity contribution in [1.82, 2.24) is 14.8 Å². The Hall–Kier alpha value is -2.10. The predicted molar refractivity (Wildman–Crippen MR) is 60.1 cm³/mol. The maximum Gasteiger partial charge on any atom is 0.181 e. The summed E-state index contributed by atoms with van der Waals surface area (Å²) in [5.41, 5.74) is 7.30. The van der Waals surface area contributed by atoms with Crippen LogP contribution in [0.25, 0.3) is 11.4 Å². The standard InChI is InChI=1S/C11H12N4/c1-2-7-15-8-13-11(14-15)9-3-5-10(12)6-4-9/h2-6,8H,1,7,12H2.